The zero-order chi connectivity index (χ0) is 17.6. The van der Waals surface area contributed by atoms with Crippen molar-refractivity contribution in [2.45, 2.75) is 0 Å². The third-order valence-corrected chi connectivity index (χ3v) is 11.9. The SMILES string of the molecule is C[S+](C)C(C(=O)c1ccccc1)=[Se](c1ccccc1)c1ccccc1. The monoisotopic (exact) mass is 413 g/mol. The maximum absolute atomic E-state index is 13.4. The number of hydrogen-bond acceptors (Lipinski definition) is 1. The van der Waals surface area contributed by atoms with Gasteiger partial charge in [-0.25, -0.2) is 0 Å². The number of Topliss-reactive ketones (excluding diaryl/α,β-unsaturated/α-hetero) is 1. The first-order valence-electron chi connectivity index (χ1n) is 8.07. The number of hydrogen-bond donors (Lipinski definition) is 0. The van der Waals surface area contributed by atoms with Crippen molar-refractivity contribution in [3.8, 4) is 0 Å². The molecule has 0 bridgehead atoms. The second-order valence-corrected chi connectivity index (χ2v) is 12.5. The molecular weight excluding hydrogens is 391 g/mol. The molecule has 0 N–H and O–H groups in total. The summed E-state index contributed by atoms with van der Waals surface area (Å²) >= 11 is -1.60. The van der Waals surface area contributed by atoms with E-state index in [2.05, 4.69) is 61.0 Å². The van der Waals surface area contributed by atoms with E-state index in [1.807, 2.05) is 42.5 Å². The van der Waals surface area contributed by atoms with Crippen LogP contribution >= 0.6 is 0 Å². The Kier molecular flexibility index (Phi) is 6.04. The summed E-state index contributed by atoms with van der Waals surface area (Å²) in [5.41, 5.74) is 0.791. The predicted molar refractivity (Wildman–Crippen MR) is 113 cm³/mol. The van der Waals surface area contributed by atoms with Crippen LogP contribution in [0.15, 0.2) is 91.0 Å². The Morgan fingerprint density at radius 2 is 1.08 bits per heavy atom. The van der Waals surface area contributed by atoms with Gasteiger partial charge in [-0.2, -0.15) is 0 Å². The molecule has 0 saturated carbocycles. The van der Waals surface area contributed by atoms with E-state index in [1.165, 1.54) is 8.92 Å². The van der Waals surface area contributed by atoms with Gasteiger partial charge < -0.3 is 0 Å². The van der Waals surface area contributed by atoms with Gasteiger partial charge in [-0.3, -0.25) is 0 Å². The van der Waals surface area contributed by atoms with Gasteiger partial charge in [-0.05, 0) is 0 Å². The third-order valence-electron chi connectivity index (χ3n) is 3.74. The first kappa shape index (κ1) is 17.9. The molecule has 0 aromatic heterocycles. The Morgan fingerprint density at radius 3 is 1.48 bits per heavy atom. The zero-order valence-electron chi connectivity index (χ0n) is 14.4. The van der Waals surface area contributed by atoms with Gasteiger partial charge in [0.15, 0.2) is 0 Å². The summed E-state index contributed by atoms with van der Waals surface area (Å²) in [5.74, 6) is 0.201. The molecule has 126 valence electrons. The van der Waals surface area contributed by atoms with Gasteiger partial charge in [-0.1, -0.05) is 0 Å². The molecule has 3 aromatic rings. The summed E-state index contributed by atoms with van der Waals surface area (Å²) in [5, 5.41) is 0. The van der Waals surface area contributed by atoms with Crippen molar-refractivity contribution in [3.63, 3.8) is 0 Å². The van der Waals surface area contributed by atoms with Crippen molar-refractivity contribution >= 4 is 42.8 Å². The fourth-order valence-corrected chi connectivity index (χ4v) is 10.4. The molecule has 3 heteroatoms. The van der Waals surface area contributed by atoms with Crippen LogP contribution in [0.3, 0.4) is 0 Å². The fraction of sp³-hybridized carbons (Fsp3) is 0.0909. The average Bonchev–Trinajstić information content (AvgIpc) is 2.67. The van der Waals surface area contributed by atoms with E-state index in [0.717, 1.165) is 9.31 Å². The molecule has 0 heterocycles. The van der Waals surface area contributed by atoms with Gasteiger partial charge in [0, 0.05) is 0 Å². The summed E-state index contributed by atoms with van der Waals surface area (Å²) in [6, 6.07) is 30.7. The Balaban J connectivity index is 2.27. The van der Waals surface area contributed by atoms with E-state index in [0.29, 0.717) is 0 Å². The number of carbonyl (C=O) groups is 1. The molecule has 0 aliphatic heterocycles. The van der Waals surface area contributed by atoms with E-state index in [1.54, 1.807) is 0 Å². The van der Waals surface area contributed by atoms with E-state index in [-0.39, 0.29) is 16.7 Å². The summed E-state index contributed by atoms with van der Waals surface area (Å²) in [6.45, 7) is 0. The Labute approximate surface area is 156 Å². The first-order chi connectivity index (χ1) is 12.2. The molecule has 1 nitrogen and oxygen atoms in total. The van der Waals surface area contributed by atoms with Crippen LogP contribution in [0.25, 0.3) is 0 Å². The van der Waals surface area contributed by atoms with Crippen molar-refractivity contribution < 1.29 is 4.79 Å². The summed E-state index contributed by atoms with van der Waals surface area (Å²) in [4.78, 5) is 13.4. The van der Waals surface area contributed by atoms with Crippen molar-refractivity contribution in [3.05, 3.63) is 96.6 Å². The molecular formula is C22H21OSSe+. The summed E-state index contributed by atoms with van der Waals surface area (Å²) in [7, 11) is -0.0923. The number of rotatable bonds is 5. The summed E-state index contributed by atoms with van der Waals surface area (Å²) < 4.78 is 3.66. The average molecular weight is 412 g/mol. The van der Waals surface area contributed by atoms with Crippen LogP contribution in [-0.4, -0.2) is 35.5 Å². The molecule has 0 spiro atoms. The van der Waals surface area contributed by atoms with E-state index < -0.39 is 13.5 Å². The second-order valence-electron chi connectivity index (χ2n) is 5.73. The van der Waals surface area contributed by atoms with Crippen LogP contribution in [0.5, 0.6) is 0 Å². The molecule has 0 saturated heterocycles. The van der Waals surface area contributed by atoms with E-state index >= 15 is 0 Å². The minimum atomic E-state index is -1.60. The van der Waals surface area contributed by atoms with Crippen molar-refractivity contribution in [2.75, 3.05) is 12.5 Å². The number of ketones is 1. The van der Waals surface area contributed by atoms with Crippen LogP contribution in [0.4, 0.5) is 0 Å². The molecule has 3 rings (SSSR count). The van der Waals surface area contributed by atoms with Crippen LogP contribution in [-0.2, 0) is 10.9 Å². The van der Waals surface area contributed by atoms with Gasteiger partial charge in [0.2, 0.25) is 0 Å². The number of carbonyl (C=O) groups excluding carboxylic acids is 1. The Morgan fingerprint density at radius 1 is 0.680 bits per heavy atom. The molecule has 0 fully saturated rings. The molecule has 0 radical (unpaired) electrons. The van der Waals surface area contributed by atoms with Crippen LogP contribution < -0.4 is 8.92 Å². The second kappa shape index (κ2) is 8.44. The van der Waals surface area contributed by atoms with Crippen LogP contribution in [0.2, 0.25) is 0 Å². The quantitative estimate of drug-likeness (QED) is 0.358. The van der Waals surface area contributed by atoms with Crippen molar-refractivity contribution in [2.24, 2.45) is 0 Å². The summed E-state index contributed by atoms with van der Waals surface area (Å²) in [6.07, 6.45) is 4.33. The molecule has 3 aromatic carbocycles. The Bertz CT molecular complexity index is 830. The predicted octanol–water partition coefficient (Wildman–Crippen LogP) is 2.77. The van der Waals surface area contributed by atoms with Gasteiger partial charge in [0.25, 0.3) is 0 Å². The minimum absolute atomic E-state index is 0.0923. The molecule has 0 unspecified atom stereocenters. The molecule has 0 aliphatic carbocycles. The van der Waals surface area contributed by atoms with E-state index in [9.17, 15) is 4.79 Å². The van der Waals surface area contributed by atoms with Crippen molar-refractivity contribution in [1.29, 1.82) is 0 Å². The molecule has 25 heavy (non-hydrogen) atoms. The van der Waals surface area contributed by atoms with Crippen LogP contribution in [0, 0.1) is 0 Å². The number of benzene rings is 3. The topological polar surface area (TPSA) is 17.1 Å². The zero-order valence-corrected chi connectivity index (χ0v) is 16.9. The van der Waals surface area contributed by atoms with Gasteiger partial charge >= 0.3 is 157 Å². The van der Waals surface area contributed by atoms with Crippen molar-refractivity contribution in [1.82, 2.24) is 0 Å². The third kappa shape index (κ3) is 4.19. The van der Waals surface area contributed by atoms with E-state index in [4.69, 9.17) is 0 Å². The standard InChI is InChI=1S/C22H21OSSe/c1-24(2)22(21(23)18-12-6-3-7-13-18)25(19-14-8-4-9-15-19)20-16-10-5-11-17-20/h3-17H,1-2H3/q+1. The van der Waals surface area contributed by atoms with Gasteiger partial charge in [0.05, 0.1) is 0 Å². The Hall–Kier alpha value is -1.93. The molecule has 0 amide bonds. The maximum atomic E-state index is 13.4. The molecule has 0 atom stereocenters. The van der Waals surface area contributed by atoms with Gasteiger partial charge in [0.1, 0.15) is 0 Å². The first-order valence-corrected chi connectivity index (χ1v) is 12.7. The van der Waals surface area contributed by atoms with Gasteiger partial charge in [-0.15, -0.1) is 0 Å². The molecule has 0 aliphatic rings. The fourth-order valence-electron chi connectivity index (χ4n) is 2.62. The normalized spacial score (nSPS) is 10.9. The van der Waals surface area contributed by atoms with Crippen LogP contribution in [0.1, 0.15) is 10.4 Å².